The lowest BCUT2D eigenvalue weighted by molar-refractivity contribution is 0.238. The molecule has 1 aromatic rings. The minimum Gasteiger partial charge on any atom is -0.493 e. The van der Waals surface area contributed by atoms with Crippen molar-refractivity contribution in [2.24, 2.45) is 0 Å². The molecule has 0 saturated carbocycles. The Morgan fingerprint density at radius 3 is 2.28 bits per heavy atom. The summed E-state index contributed by atoms with van der Waals surface area (Å²) in [7, 11) is 1.62. The summed E-state index contributed by atoms with van der Waals surface area (Å²) < 4.78 is 38.6. The Bertz CT molecular complexity index is 694. The van der Waals surface area contributed by atoms with E-state index >= 15 is 0 Å². The van der Waals surface area contributed by atoms with Crippen molar-refractivity contribution in [2.45, 2.75) is 18.9 Å². The summed E-state index contributed by atoms with van der Waals surface area (Å²) >= 11 is 0. The van der Waals surface area contributed by atoms with Crippen molar-refractivity contribution >= 4 is 15.9 Å². The largest absolute Gasteiger partial charge is 0.493 e. The summed E-state index contributed by atoms with van der Waals surface area (Å²) in [5.74, 6) is 1.76. The SMILES string of the molecule is COc1cc(CCNC(=O)NC2CCS(=O)(=O)C2)cc(OC)c1OC. The van der Waals surface area contributed by atoms with Crippen molar-refractivity contribution < 1.29 is 27.4 Å². The van der Waals surface area contributed by atoms with E-state index in [4.69, 9.17) is 14.2 Å². The van der Waals surface area contributed by atoms with Crippen LogP contribution in [0.25, 0.3) is 0 Å². The van der Waals surface area contributed by atoms with Crippen LogP contribution in [-0.2, 0) is 16.3 Å². The Hall–Kier alpha value is -2.16. The molecule has 1 aliphatic heterocycles. The molecule has 0 aliphatic carbocycles. The first-order chi connectivity index (χ1) is 11.9. The van der Waals surface area contributed by atoms with Gasteiger partial charge in [-0.05, 0) is 30.5 Å². The lowest BCUT2D eigenvalue weighted by Crippen LogP contribution is -2.43. The second-order valence-corrected chi connectivity index (χ2v) is 8.01. The van der Waals surface area contributed by atoms with Crippen LogP contribution in [0.5, 0.6) is 17.2 Å². The van der Waals surface area contributed by atoms with Crippen molar-refractivity contribution in [1.82, 2.24) is 10.6 Å². The van der Waals surface area contributed by atoms with Gasteiger partial charge in [-0.25, -0.2) is 13.2 Å². The average molecular weight is 372 g/mol. The number of nitrogens with one attached hydrogen (secondary N) is 2. The van der Waals surface area contributed by atoms with Crippen molar-refractivity contribution in [1.29, 1.82) is 0 Å². The number of benzene rings is 1. The summed E-state index contributed by atoms with van der Waals surface area (Å²) in [5, 5.41) is 5.42. The van der Waals surface area contributed by atoms with E-state index in [1.165, 1.54) is 7.11 Å². The van der Waals surface area contributed by atoms with E-state index in [1.807, 2.05) is 12.1 Å². The molecule has 1 aliphatic rings. The molecule has 25 heavy (non-hydrogen) atoms. The first-order valence-electron chi connectivity index (χ1n) is 7.92. The highest BCUT2D eigenvalue weighted by molar-refractivity contribution is 7.91. The Morgan fingerprint density at radius 2 is 1.80 bits per heavy atom. The monoisotopic (exact) mass is 372 g/mol. The van der Waals surface area contributed by atoms with E-state index in [0.29, 0.717) is 36.6 Å². The van der Waals surface area contributed by atoms with Crippen molar-refractivity contribution in [3.8, 4) is 17.2 Å². The van der Waals surface area contributed by atoms with Gasteiger partial charge in [0.25, 0.3) is 0 Å². The molecule has 1 unspecified atom stereocenters. The molecule has 0 radical (unpaired) electrons. The zero-order valence-electron chi connectivity index (χ0n) is 14.6. The van der Waals surface area contributed by atoms with Crippen LogP contribution in [0.3, 0.4) is 0 Å². The fourth-order valence-corrected chi connectivity index (χ4v) is 4.42. The minimum absolute atomic E-state index is 0.00724. The highest BCUT2D eigenvalue weighted by Crippen LogP contribution is 2.38. The van der Waals surface area contributed by atoms with Gasteiger partial charge in [0.15, 0.2) is 21.3 Å². The number of sulfone groups is 1. The van der Waals surface area contributed by atoms with Gasteiger partial charge in [-0.3, -0.25) is 0 Å². The molecule has 1 heterocycles. The molecule has 0 spiro atoms. The second kappa shape index (κ2) is 8.28. The summed E-state index contributed by atoms with van der Waals surface area (Å²) in [5.41, 5.74) is 0.915. The van der Waals surface area contributed by atoms with Gasteiger partial charge in [-0.1, -0.05) is 0 Å². The molecule has 8 nitrogen and oxygen atoms in total. The van der Waals surface area contributed by atoms with Gasteiger partial charge < -0.3 is 24.8 Å². The van der Waals surface area contributed by atoms with E-state index in [9.17, 15) is 13.2 Å². The number of amides is 2. The van der Waals surface area contributed by atoms with Gasteiger partial charge in [0.05, 0.1) is 32.8 Å². The number of rotatable bonds is 7. The van der Waals surface area contributed by atoms with Gasteiger partial charge in [-0.2, -0.15) is 0 Å². The van der Waals surface area contributed by atoms with Crippen molar-refractivity contribution in [2.75, 3.05) is 39.4 Å². The smallest absolute Gasteiger partial charge is 0.315 e. The quantitative estimate of drug-likeness (QED) is 0.732. The van der Waals surface area contributed by atoms with E-state index in [2.05, 4.69) is 10.6 Å². The molecule has 9 heteroatoms. The minimum atomic E-state index is -3.01. The maximum Gasteiger partial charge on any atom is 0.315 e. The van der Waals surface area contributed by atoms with Crippen LogP contribution in [0.2, 0.25) is 0 Å². The maximum absolute atomic E-state index is 11.9. The summed E-state index contributed by atoms with van der Waals surface area (Å²) in [6.45, 7) is 0.393. The van der Waals surface area contributed by atoms with Gasteiger partial charge in [0, 0.05) is 12.6 Å². The molecular formula is C16H24N2O6S. The highest BCUT2D eigenvalue weighted by atomic mass is 32.2. The number of carbonyl (C=O) groups excluding carboxylic acids is 1. The van der Waals surface area contributed by atoms with Crippen LogP contribution >= 0.6 is 0 Å². The molecule has 1 atom stereocenters. The molecule has 2 N–H and O–H groups in total. The second-order valence-electron chi connectivity index (χ2n) is 5.78. The highest BCUT2D eigenvalue weighted by Gasteiger charge is 2.28. The third-order valence-electron chi connectivity index (χ3n) is 3.99. The Morgan fingerprint density at radius 1 is 1.16 bits per heavy atom. The van der Waals surface area contributed by atoms with Gasteiger partial charge in [0.1, 0.15) is 0 Å². The van der Waals surface area contributed by atoms with Crippen molar-refractivity contribution in [3.05, 3.63) is 17.7 Å². The predicted octanol–water partition coefficient (Wildman–Crippen LogP) is 0.741. The molecular weight excluding hydrogens is 348 g/mol. The number of urea groups is 1. The molecule has 140 valence electrons. The fourth-order valence-electron chi connectivity index (χ4n) is 2.75. The normalized spacial score (nSPS) is 18.4. The summed E-state index contributed by atoms with van der Waals surface area (Å²) in [6, 6.07) is 2.97. The van der Waals surface area contributed by atoms with Crippen LogP contribution in [0.1, 0.15) is 12.0 Å². The number of hydrogen-bond acceptors (Lipinski definition) is 6. The summed E-state index contributed by atoms with van der Waals surface area (Å²) in [6.07, 6.45) is 1.02. The van der Waals surface area contributed by atoms with Gasteiger partial charge in [-0.15, -0.1) is 0 Å². The third-order valence-corrected chi connectivity index (χ3v) is 5.76. The van der Waals surface area contributed by atoms with Gasteiger partial charge in [0.2, 0.25) is 5.75 Å². The van der Waals surface area contributed by atoms with Gasteiger partial charge >= 0.3 is 6.03 Å². The predicted molar refractivity (Wildman–Crippen MR) is 93.4 cm³/mol. The maximum atomic E-state index is 11.9. The lowest BCUT2D eigenvalue weighted by atomic mass is 10.1. The number of carbonyl (C=O) groups is 1. The number of methoxy groups -OCH3 is 3. The average Bonchev–Trinajstić information content (AvgIpc) is 2.92. The lowest BCUT2D eigenvalue weighted by Gasteiger charge is -2.15. The zero-order valence-corrected chi connectivity index (χ0v) is 15.4. The Labute approximate surface area is 147 Å². The molecule has 2 amide bonds. The van der Waals surface area contributed by atoms with Crippen LogP contribution in [0, 0.1) is 0 Å². The molecule has 0 aromatic heterocycles. The van der Waals surface area contributed by atoms with Crippen LogP contribution < -0.4 is 24.8 Å². The first-order valence-corrected chi connectivity index (χ1v) is 9.74. The molecule has 1 aromatic carbocycles. The van der Waals surface area contributed by atoms with E-state index in [1.54, 1.807) is 14.2 Å². The summed E-state index contributed by atoms with van der Waals surface area (Å²) in [4.78, 5) is 11.9. The van der Waals surface area contributed by atoms with Crippen LogP contribution in [-0.4, -0.2) is 59.9 Å². The number of ether oxygens (including phenoxy) is 3. The van der Waals surface area contributed by atoms with Crippen molar-refractivity contribution in [3.63, 3.8) is 0 Å². The fraction of sp³-hybridized carbons (Fsp3) is 0.562. The third kappa shape index (κ3) is 5.15. The van der Waals surface area contributed by atoms with Crippen LogP contribution in [0.4, 0.5) is 4.79 Å². The topological polar surface area (TPSA) is 103 Å². The Kier molecular flexibility index (Phi) is 6.35. The molecule has 1 saturated heterocycles. The standard InChI is InChI=1S/C16H24N2O6S/c1-22-13-8-11(9-14(23-2)15(13)24-3)4-6-17-16(19)18-12-5-7-25(20,21)10-12/h8-9,12H,4-7,10H2,1-3H3,(H2,17,18,19). The van der Waals surface area contributed by atoms with Crippen LogP contribution in [0.15, 0.2) is 12.1 Å². The zero-order chi connectivity index (χ0) is 18.4. The molecule has 0 bridgehead atoms. The van der Waals surface area contributed by atoms with E-state index < -0.39 is 9.84 Å². The number of hydrogen-bond donors (Lipinski definition) is 2. The van der Waals surface area contributed by atoms with E-state index in [0.717, 1.165) is 5.56 Å². The van der Waals surface area contributed by atoms with E-state index in [-0.39, 0.29) is 23.6 Å². The molecule has 1 fully saturated rings. The Balaban J connectivity index is 1.88. The molecule has 2 rings (SSSR count). The first kappa shape index (κ1) is 19.2.